The van der Waals surface area contributed by atoms with E-state index in [1.165, 1.54) is 6.42 Å². The maximum absolute atomic E-state index is 12.8. The van der Waals surface area contributed by atoms with E-state index < -0.39 is 0 Å². The largest absolute Gasteiger partial charge is 0.353 e. The van der Waals surface area contributed by atoms with Crippen LogP contribution in [0.2, 0.25) is 0 Å². The first kappa shape index (κ1) is 18.9. The molecule has 142 valence electrons. The normalized spacial score (nSPS) is 26.4. The van der Waals surface area contributed by atoms with Gasteiger partial charge in [-0.05, 0) is 57.2 Å². The molecule has 1 aromatic rings. The molecule has 5 heteroatoms. The van der Waals surface area contributed by atoms with Crippen molar-refractivity contribution in [1.82, 2.24) is 10.2 Å². The molecule has 1 saturated heterocycles. The number of amides is 2. The van der Waals surface area contributed by atoms with Crippen LogP contribution in [0, 0.1) is 18.8 Å². The molecule has 0 radical (unpaired) electrons. The SMILES string of the molecule is Cc1ccc(C(=O)N2CCCC(C(=O)NC3CCCCC3CN)C2)cc1. The minimum atomic E-state index is -0.113. The van der Waals surface area contributed by atoms with Gasteiger partial charge in [0.15, 0.2) is 0 Å². The number of carbonyl (C=O) groups is 2. The Morgan fingerprint density at radius 2 is 1.85 bits per heavy atom. The second-order valence-corrected chi connectivity index (χ2v) is 7.85. The van der Waals surface area contributed by atoms with E-state index in [4.69, 9.17) is 5.73 Å². The highest BCUT2D eigenvalue weighted by molar-refractivity contribution is 5.94. The quantitative estimate of drug-likeness (QED) is 0.869. The van der Waals surface area contributed by atoms with Crippen molar-refractivity contribution >= 4 is 11.8 Å². The minimum absolute atomic E-state index is 0.0278. The maximum Gasteiger partial charge on any atom is 0.253 e. The molecular formula is C21H31N3O2. The Bertz CT molecular complexity index is 629. The van der Waals surface area contributed by atoms with Gasteiger partial charge in [0.05, 0.1) is 5.92 Å². The van der Waals surface area contributed by atoms with Crippen molar-refractivity contribution in [2.45, 2.75) is 51.5 Å². The molecule has 3 rings (SSSR count). The predicted octanol–water partition coefficient (Wildman–Crippen LogP) is 2.48. The number of aryl methyl sites for hydroxylation is 1. The minimum Gasteiger partial charge on any atom is -0.353 e. The van der Waals surface area contributed by atoms with E-state index >= 15 is 0 Å². The predicted molar refractivity (Wildman–Crippen MR) is 103 cm³/mol. The van der Waals surface area contributed by atoms with E-state index in [9.17, 15) is 9.59 Å². The van der Waals surface area contributed by atoms with Gasteiger partial charge >= 0.3 is 0 Å². The van der Waals surface area contributed by atoms with Crippen molar-refractivity contribution in [3.8, 4) is 0 Å². The summed E-state index contributed by atoms with van der Waals surface area (Å²) >= 11 is 0. The Labute approximate surface area is 156 Å². The van der Waals surface area contributed by atoms with E-state index in [2.05, 4.69) is 5.32 Å². The number of piperidine rings is 1. The number of hydrogen-bond acceptors (Lipinski definition) is 3. The van der Waals surface area contributed by atoms with Gasteiger partial charge in [-0.2, -0.15) is 0 Å². The van der Waals surface area contributed by atoms with Crippen molar-refractivity contribution in [3.63, 3.8) is 0 Å². The number of carbonyl (C=O) groups excluding carboxylic acids is 2. The number of rotatable bonds is 4. The van der Waals surface area contributed by atoms with E-state index in [1.54, 1.807) is 0 Å². The fraction of sp³-hybridized carbons (Fsp3) is 0.619. The standard InChI is InChI=1S/C21H31N3O2/c1-15-8-10-16(11-9-15)21(26)24-12-4-6-18(14-24)20(25)23-19-7-3-2-5-17(19)13-22/h8-11,17-19H,2-7,12-14,22H2,1H3,(H,23,25). The summed E-state index contributed by atoms with van der Waals surface area (Å²) in [5.74, 6) is 0.400. The van der Waals surface area contributed by atoms with Crippen LogP contribution in [0.15, 0.2) is 24.3 Å². The Kier molecular flexibility index (Phi) is 6.30. The Morgan fingerprint density at radius 3 is 2.58 bits per heavy atom. The number of nitrogens with zero attached hydrogens (tertiary/aromatic N) is 1. The van der Waals surface area contributed by atoms with Crippen LogP contribution in [0.1, 0.15) is 54.4 Å². The molecule has 1 aliphatic carbocycles. The fourth-order valence-corrected chi connectivity index (χ4v) is 4.23. The molecule has 2 amide bonds. The summed E-state index contributed by atoms with van der Waals surface area (Å²) in [4.78, 5) is 27.4. The van der Waals surface area contributed by atoms with E-state index in [1.807, 2.05) is 36.1 Å². The smallest absolute Gasteiger partial charge is 0.253 e. The molecule has 26 heavy (non-hydrogen) atoms. The van der Waals surface area contributed by atoms with Crippen LogP contribution in [-0.2, 0) is 4.79 Å². The van der Waals surface area contributed by atoms with E-state index in [0.717, 1.165) is 44.2 Å². The Morgan fingerprint density at radius 1 is 1.12 bits per heavy atom. The number of nitrogens with two attached hydrogens (primary N) is 1. The molecule has 0 spiro atoms. The third-order valence-corrected chi connectivity index (χ3v) is 5.92. The summed E-state index contributed by atoms with van der Waals surface area (Å²) < 4.78 is 0. The highest BCUT2D eigenvalue weighted by atomic mass is 16.2. The van der Waals surface area contributed by atoms with Gasteiger partial charge in [0.25, 0.3) is 5.91 Å². The van der Waals surface area contributed by atoms with Crippen molar-refractivity contribution in [2.24, 2.45) is 17.6 Å². The summed E-state index contributed by atoms with van der Waals surface area (Å²) in [5.41, 5.74) is 7.72. The summed E-state index contributed by atoms with van der Waals surface area (Å²) in [7, 11) is 0. The second-order valence-electron chi connectivity index (χ2n) is 7.85. The van der Waals surface area contributed by atoms with Gasteiger partial charge in [0, 0.05) is 24.7 Å². The van der Waals surface area contributed by atoms with Crippen LogP contribution in [0.25, 0.3) is 0 Å². The second kappa shape index (κ2) is 8.67. The van der Waals surface area contributed by atoms with Crippen LogP contribution >= 0.6 is 0 Å². The van der Waals surface area contributed by atoms with Crippen molar-refractivity contribution in [3.05, 3.63) is 35.4 Å². The van der Waals surface area contributed by atoms with Crippen LogP contribution in [0.4, 0.5) is 0 Å². The van der Waals surface area contributed by atoms with Crippen LogP contribution in [0.3, 0.4) is 0 Å². The lowest BCUT2D eigenvalue weighted by Gasteiger charge is -2.35. The zero-order chi connectivity index (χ0) is 18.5. The Hall–Kier alpha value is -1.88. The van der Waals surface area contributed by atoms with Gasteiger partial charge in [-0.1, -0.05) is 30.5 Å². The summed E-state index contributed by atoms with van der Waals surface area (Å²) in [6, 6.07) is 7.85. The fourth-order valence-electron chi connectivity index (χ4n) is 4.23. The molecule has 2 aliphatic rings. The summed E-state index contributed by atoms with van der Waals surface area (Å²) in [6.07, 6.45) is 6.21. The maximum atomic E-state index is 12.8. The van der Waals surface area contributed by atoms with Gasteiger partial charge in [0.2, 0.25) is 5.91 Å². The average Bonchev–Trinajstić information content (AvgIpc) is 2.68. The first-order chi connectivity index (χ1) is 12.6. The average molecular weight is 357 g/mol. The van der Waals surface area contributed by atoms with E-state index in [-0.39, 0.29) is 23.8 Å². The monoisotopic (exact) mass is 357 g/mol. The zero-order valence-electron chi connectivity index (χ0n) is 15.7. The number of hydrogen-bond donors (Lipinski definition) is 2. The third-order valence-electron chi connectivity index (χ3n) is 5.92. The third kappa shape index (κ3) is 4.44. The van der Waals surface area contributed by atoms with E-state index in [0.29, 0.717) is 24.6 Å². The van der Waals surface area contributed by atoms with Crippen LogP contribution in [0.5, 0.6) is 0 Å². The molecule has 3 atom stereocenters. The Balaban J connectivity index is 1.59. The molecule has 1 heterocycles. The molecule has 0 bridgehead atoms. The lowest BCUT2D eigenvalue weighted by atomic mass is 9.84. The first-order valence-electron chi connectivity index (χ1n) is 9.95. The highest BCUT2D eigenvalue weighted by Crippen LogP contribution is 2.25. The van der Waals surface area contributed by atoms with Crippen LogP contribution < -0.4 is 11.1 Å². The van der Waals surface area contributed by atoms with Gasteiger partial charge in [-0.15, -0.1) is 0 Å². The summed E-state index contributed by atoms with van der Waals surface area (Å²) in [5, 5.41) is 3.24. The van der Waals surface area contributed by atoms with Gasteiger partial charge in [-0.3, -0.25) is 9.59 Å². The van der Waals surface area contributed by atoms with Gasteiger partial charge in [0.1, 0.15) is 0 Å². The van der Waals surface area contributed by atoms with Crippen molar-refractivity contribution in [2.75, 3.05) is 19.6 Å². The molecule has 3 unspecified atom stereocenters. The van der Waals surface area contributed by atoms with Gasteiger partial charge < -0.3 is 16.0 Å². The molecule has 1 aromatic carbocycles. The molecular weight excluding hydrogens is 326 g/mol. The number of nitrogens with one attached hydrogen (secondary N) is 1. The highest BCUT2D eigenvalue weighted by Gasteiger charge is 2.32. The molecule has 3 N–H and O–H groups in total. The molecule has 0 aromatic heterocycles. The molecule has 5 nitrogen and oxygen atoms in total. The summed E-state index contributed by atoms with van der Waals surface area (Å²) in [6.45, 7) is 3.88. The van der Waals surface area contributed by atoms with Crippen molar-refractivity contribution < 1.29 is 9.59 Å². The number of likely N-dealkylation sites (tertiary alicyclic amines) is 1. The van der Waals surface area contributed by atoms with Gasteiger partial charge in [-0.25, -0.2) is 0 Å². The lowest BCUT2D eigenvalue weighted by molar-refractivity contribution is -0.127. The topological polar surface area (TPSA) is 75.4 Å². The zero-order valence-corrected chi connectivity index (χ0v) is 15.7. The first-order valence-corrected chi connectivity index (χ1v) is 9.95. The van der Waals surface area contributed by atoms with Crippen LogP contribution in [-0.4, -0.2) is 42.4 Å². The molecule has 1 aliphatic heterocycles. The number of benzene rings is 1. The molecule has 2 fully saturated rings. The molecule has 1 saturated carbocycles. The van der Waals surface area contributed by atoms with Crippen molar-refractivity contribution in [1.29, 1.82) is 0 Å². The lowest BCUT2D eigenvalue weighted by Crippen LogP contribution is -2.50.